The minimum atomic E-state index is 0.834. The van der Waals surface area contributed by atoms with Crippen molar-refractivity contribution < 1.29 is 3.63 Å². The molecule has 112 valence electrons. The molecule has 5 heteroatoms. The van der Waals surface area contributed by atoms with Crippen molar-refractivity contribution in [3.8, 4) is 0 Å². The van der Waals surface area contributed by atoms with Gasteiger partial charge in [0.25, 0.3) is 0 Å². The molecule has 2 aromatic carbocycles. The van der Waals surface area contributed by atoms with E-state index >= 15 is 0 Å². The molecule has 0 amide bonds. The van der Waals surface area contributed by atoms with Crippen molar-refractivity contribution >= 4 is 35.5 Å². The summed E-state index contributed by atoms with van der Waals surface area (Å²) in [5, 5.41) is 0. The van der Waals surface area contributed by atoms with E-state index in [0.29, 0.717) is 0 Å². The molecule has 0 unspecified atom stereocenters. The SMILES string of the molecule is CCc1cc(SOSc2ccc(N)c(CC)c2)ccc1N. The van der Waals surface area contributed by atoms with Gasteiger partial charge < -0.3 is 11.5 Å². The number of nitrogen functional groups attached to an aromatic ring is 2. The van der Waals surface area contributed by atoms with Crippen molar-refractivity contribution in [2.75, 3.05) is 11.5 Å². The van der Waals surface area contributed by atoms with Gasteiger partial charge in [-0.3, -0.25) is 0 Å². The largest absolute Gasteiger partial charge is 0.399 e. The summed E-state index contributed by atoms with van der Waals surface area (Å²) in [6.07, 6.45) is 1.84. The normalized spacial score (nSPS) is 10.8. The van der Waals surface area contributed by atoms with Gasteiger partial charge in [-0.05, 0) is 60.4 Å². The Balaban J connectivity index is 1.95. The van der Waals surface area contributed by atoms with E-state index < -0.39 is 0 Å². The lowest BCUT2D eigenvalue weighted by atomic mass is 10.1. The molecule has 0 aliphatic heterocycles. The van der Waals surface area contributed by atoms with Crippen molar-refractivity contribution in [1.82, 2.24) is 0 Å². The fraction of sp³-hybridized carbons (Fsp3) is 0.250. The number of nitrogens with two attached hydrogens (primary N) is 2. The summed E-state index contributed by atoms with van der Waals surface area (Å²) in [5.74, 6) is 0. The van der Waals surface area contributed by atoms with Crippen molar-refractivity contribution in [3.63, 3.8) is 0 Å². The summed E-state index contributed by atoms with van der Waals surface area (Å²) < 4.78 is 5.64. The van der Waals surface area contributed by atoms with E-state index in [0.717, 1.165) is 45.1 Å². The number of rotatable bonds is 6. The Morgan fingerprint density at radius 1 is 0.810 bits per heavy atom. The monoisotopic (exact) mass is 320 g/mol. The van der Waals surface area contributed by atoms with Gasteiger partial charge in [-0.2, -0.15) is 0 Å². The van der Waals surface area contributed by atoms with Crippen LogP contribution in [0.4, 0.5) is 11.4 Å². The highest BCUT2D eigenvalue weighted by Gasteiger charge is 2.04. The zero-order chi connectivity index (χ0) is 15.2. The van der Waals surface area contributed by atoms with Crippen LogP contribution >= 0.6 is 24.1 Å². The molecule has 0 saturated carbocycles. The summed E-state index contributed by atoms with van der Waals surface area (Å²) in [7, 11) is 0. The standard InChI is InChI=1S/C16H20N2OS2/c1-3-11-9-13(5-7-15(11)17)20-19-21-14-6-8-16(18)12(4-2)10-14/h5-10H,3-4,17-18H2,1-2H3. The molecule has 2 rings (SSSR count). The maximum atomic E-state index is 5.90. The van der Waals surface area contributed by atoms with E-state index in [1.807, 2.05) is 24.3 Å². The van der Waals surface area contributed by atoms with Crippen LogP contribution in [0, 0.1) is 0 Å². The van der Waals surface area contributed by atoms with Crippen LogP contribution in [0.15, 0.2) is 46.2 Å². The van der Waals surface area contributed by atoms with Crippen LogP contribution in [-0.2, 0) is 16.5 Å². The third-order valence-electron chi connectivity index (χ3n) is 3.25. The molecule has 2 aromatic rings. The first kappa shape index (κ1) is 16.1. The average Bonchev–Trinajstić information content (AvgIpc) is 2.50. The predicted octanol–water partition coefficient (Wildman–Crippen LogP) is 4.71. The first-order valence-corrected chi connectivity index (χ1v) is 8.40. The van der Waals surface area contributed by atoms with Gasteiger partial charge in [0.2, 0.25) is 0 Å². The molecular weight excluding hydrogens is 300 g/mol. The average molecular weight is 320 g/mol. The second-order valence-corrected chi connectivity index (χ2v) is 6.48. The summed E-state index contributed by atoms with van der Waals surface area (Å²) in [6.45, 7) is 4.19. The number of hydrogen-bond donors (Lipinski definition) is 2. The number of benzene rings is 2. The zero-order valence-corrected chi connectivity index (χ0v) is 13.9. The Hall–Kier alpha value is -1.30. The van der Waals surface area contributed by atoms with Gasteiger partial charge in [0.05, 0.1) is 0 Å². The Bertz CT molecular complexity index is 564. The van der Waals surface area contributed by atoms with E-state index in [2.05, 4.69) is 26.0 Å². The fourth-order valence-corrected chi connectivity index (χ4v) is 3.37. The third kappa shape index (κ3) is 4.33. The highest BCUT2D eigenvalue weighted by Crippen LogP contribution is 2.32. The lowest BCUT2D eigenvalue weighted by molar-refractivity contribution is 0.756. The van der Waals surface area contributed by atoms with E-state index in [1.54, 1.807) is 0 Å². The van der Waals surface area contributed by atoms with Crippen LogP contribution in [0.5, 0.6) is 0 Å². The molecule has 0 radical (unpaired) electrons. The predicted molar refractivity (Wildman–Crippen MR) is 93.3 cm³/mol. The first-order chi connectivity index (χ1) is 10.1. The minimum absolute atomic E-state index is 0.834. The smallest absolute Gasteiger partial charge is 0.0447 e. The molecule has 0 heterocycles. The molecule has 4 N–H and O–H groups in total. The molecule has 0 atom stereocenters. The van der Waals surface area contributed by atoms with E-state index in [9.17, 15) is 0 Å². The quantitative estimate of drug-likeness (QED) is 0.596. The Morgan fingerprint density at radius 3 is 1.62 bits per heavy atom. The molecule has 0 aliphatic carbocycles. The second kappa shape index (κ2) is 7.64. The van der Waals surface area contributed by atoms with E-state index in [1.165, 1.54) is 24.1 Å². The first-order valence-electron chi connectivity index (χ1n) is 6.92. The molecule has 0 aromatic heterocycles. The lowest BCUT2D eigenvalue weighted by Crippen LogP contribution is -1.93. The Morgan fingerprint density at radius 2 is 1.24 bits per heavy atom. The van der Waals surface area contributed by atoms with Gasteiger partial charge in [0, 0.05) is 45.3 Å². The van der Waals surface area contributed by atoms with Crippen LogP contribution in [0.3, 0.4) is 0 Å². The molecule has 3 nitrogen and oxygen atoms in total. The van der Waals surface area contributed by atoms with Gasteiger partial charge in [-0.15, -0.1) is 0 Å². The topological polar surface area (TPSA) is 61.3 Å². The Labute approximate surface area is 134 Å². The lowest BCUT2D eigenvalue weighted by Gasteiger charge is -2.07. The summed E-state index contributed by atoms with van der Waals surface area (Å²) in [4.78, 5) is 2.11. The van der Waals surface area contributed by atoms with Crippen LogP contribution in [0.2, 0.25) is 0 Å². The summed E-state index contributed by atoms with van der Waals surface area (Å²) in [6, 6.07) is 11.9. The maximum absolute atomic E-state index is 5.90. The van der Waals surface area contributed by atoms with Gasteiger partial charge >= 0.3 is 0 Å². The van der Waals surface area contributed by atoms with Crippen LogP contribution < -0.4 is 11.5 Å². The van der Waals surface area contributed by atoms with Crippen LogP contribution in [0.25, 0.3) is 0 Å². The molecular formula is C16H20N2OS2. The summed E-state index contributed by atoms with van der Waals surface area (Å²) in [5.41, 5.74) is 15.8. The molecule has 21 heavy (non-hydrogen) atoms. The van der Waals surface area contributed by atoms with Crippen molar-refractivity contribution in [2.45, 2.75) is 36.5 Å². The van der Waals surface area contributed by atoms with Gasteiger partial charge in [-0.25, -0.2) is 3.63 Å². The molecule has 0 fully saturated rings. The highest BCUT2D eigenvalue weighted by atomic mass is 32.2. The zero-order valence-electron chi connectivity index (χ0n) is 12.3. The van der Waals surface area contributed by atoms with E-state index in [-0.39, 0.29) is 0 Å². The summed E-state index contributed by atoms with van der Waals surface area (Å²) >= 11 is 2.69. The minimum Gasteiger partial charge on any atom is -0.399 e. The van der Waals surface area contributed by atoms with E-state index in [4.69, 9.17) is 15.1 Å². The third-order valence-corrected chi connectivity index (χ3v) is 4.69. The molecule has 0 spiro atoms. The van der Waals surface area contributed by atoms with Crippen molar-refractivity contribution in [1.29, 1.82) is 0 Å². The van der Waals surface area contributed by atoms with Gasteiger partial charge in [0.1, 0.15) is 0 Å². The van der Waals surface area contributed by atoms with Crippen LogP contribution in [-0.4, -0.2) is 0 Å². The number of hydrogen-bond acceptors (Lipinski definition) is 5. The molecule has 0 saturated heterocycles. The van der Waals surface area contributed by atoms with Crippen molar-refractivity contribution in [3.05, 3.63) is 47.5 Å². The molecule has 0 aliphatic rings. The highest BCUT2D eigenvalue weighted by molar-refractivity contribution is 8.07. The molecule has 0 bridgehead atoms. The van der Waals surface area contributed by atoms with Gasteiger partial charge in [0.15, 0.2) is 0 Å². The maximum Gasteiger partial charge on any atom is 0.0447 e. The van der Waals surface area contributed by atoms with Crippen LogP contribution in [0.1, 0.15) is 25.0 Å². The number of anilines is 2. The van der Waals surface area contributed by atoms with Crippen molar-refractivity contribution in [2.24, 2.45) is 0 Å². The number of aryl methyl sites for hydroxylation is 2. The second-order valence-electron chi connectivity index (χ2n) is 4.66. The van der Waals surface area contributed by atoms with Gasteiger partial charge in [-0.1, -0.05) is 13.8 Å². The Kier molecular flexibility index (Phi) is 5.85. The fourth-order valence-electron chi connectivity index (χ4n) is 1.98.